The van der Waals surface area contributed by atoms with Crippen molar-refractivity contribution in [3.8, 4) is 33.4 Å². The number of rotatable bonds is 5. The molecular formula is C46H44BrN7. The van der Waals surface area contributed by atoms with Crippen LogP contribution >= 0.6 is 15.9 Å². The van der Waals surface area contributed by atoms with Crippen LogP contribution in [0.2, 0.25) is 0 Å². The van der Waals surface area contributed by atoms with Crippen molar-refractivity contribution >= 4 is 38.1 Å². The van der Waals surface area contributed by atoms with Crippen LogP contribution in [0.3, 0.4) is 0 Å². The van der Waals surface area contributed by atoms with Gasteiger partial charge < -0.3 is 0 Å². The van der Waals surface area contributed by atoms with Crippen LogP contribution in [0.5, 0.6) is 0 Å². The first kappa shape index (κ1) is 34.6. The summed E-state index contributed by atoms with van der Waals surface area (Å²) in [7, 11) is 0. The van der Waals surface area contributed by atoms with Crippen molar-refractivity contribution in [2.75, 3.05) is 0 Å². The van der Waals surface area contributed by atoms with E-state index in [2.05, 4.69) is 115 Å². The molecule has 0 spiro atoms. The molecule has 0 atom stereocenters. The van der Waals surface area contributed by atoms with Crippen LogP contribution in [0.4, 0.5) is 0 Å². The fraction of sp³-hybridized carbons (Fsp3) is 0.283. The van der Waals surface area contributed by atoms with E-state index < -0.39 is 0 Å². The molecular weight excluding hydrogens is 730 g/mol. The fourth-order valence-electron chi connectivity index (χ4n) is 8.51. The molecule has 10 rings (SSSR count). The molecule has 2 aliphatic carbocycles. The molecule has 5 heterocycles. The second-order valence-corrected chi connectivity index (χ2v) is 15.9. The summed E-state index contributed by atoms with van der Waals surface area (Å²) in [5.74, 6) is 1.48. The van der Waals surface area contributed by atoms with Crippen LogP contribution in [0.25, 0.3) is 55.6 Å². The lowest BCUT2D eigenvalue weighted by atomic mass is 9.84. The lowest BCUT2D eigenvalue weighted by Crippen LogP contribution is -2.04. The van der Waals surface area contributed by atoms with E-state index in [0.29, 0.717) is 0 Å². The minimum atomic E-state index is 0.728. The van der Waals surface area contributed by atoms with Gasteiger partial charge in [-0.2, -0.15) is 10.2 Å². The Bertz CT molecular complexity index is 2540. The summed E-state index contributed by atoms with van der Waals surface area (Å²) in [5.41, 5.74) is 13.4. The Kier molecular flexibility index (Phi) is 9.77. The topological polar surface area (TPSA) is 73.3 Å². The average Bonchev–Trinajstić information content (AvgIpc) is 3.84. The third kappa shape index (κ3) is 7.07. The van der Waals surface area contributed by atoms with Gasteiger partial charge in [0.15, 0.2) is 11.3 Å². The summed E-state index contributed by atoms with van der Waals surface area (Å²) in [4.78, 5) is 14.0. The third-order valence-electron chi connectivity index (χ3n) is 11.4. The number of nitrogens with zero attached hydrogens (tertiary/aromatic N) is 7. The minimum Gasteiger partial charge on any atom is -0.253 e. The average molecular weight is 775 g/mol. The van der Waals surface area contributed by atoms with Gasteiger partial charge in [-0.15, -0.1) is 0 Å². The zero-order chi connectivity index (χ0) is 36.4. The van der Waals surface area contributed by atoms with Crippen LogP contribution in [-0.2, 0) is 0 Å². The molecule has 2 fully saturated rings. The first-order valence-corrected chi connectivity index (χ1v) is 20.3. The van der Waals surface area contributed by atoms with Crippen LogP contribution in [0, 0.1) is 6.92 Å². The highest BCUT2D eigenvalue weighted by Gasteiger charge is 2.18. The number of para-hydroxylation sites is 1. The van der Waals surface area contributed by atoms with E-state index in [9.17, 15) is 0 Å². The monoisotopic (exact) mass is 773 g/mol. The molecule has 0 N–H and O–H groups in total. The third-order valence-corrected chi connectivity index (χ3v) is 12.0. The Balaban J connectivity index is 0.000000153. The second-order valence-electron chi connectivity index (χ2n) is 15.0. The van der Waals surface area contributed by atoms with Gasteiger partial charge in [-0.05, 0) is 100 Å². The quantitative estimate of drug-likeness (QED) is 0.174. The van der Waals surface area contributed by atoms with Crippen molar-refractivity contribution in [1.82, 2.24) is 34.2 Å². The number of fused-ring (bicyclic) bond motifs is 3. The standard InChI is InChI=1S/C28H26N4.C18H18BrN3/c1-19-15-25(24-9-5-6-10-27(24)31-19)26-17-30-32-18-23(16-29-28(26)32)22-13-11-21(12-14-22)20-7-3-2-4-8-20;19-17-11-21-22-12-16(10-20-18(17)22)15-8-6-14(7-9-15)13-4-2-1-3-5-13/h5-6,9-18,20H,2-4,7-8H2,1H3;6-13H,1-5H2. The van der Waals surface area contributed by atoms with E-state index >= 15 is 0 Å². The maximum absolute atomic E-state index is 4.82. The zero-order valence-electron chi connectivity index (χ0n) is 30.7. The van der Waals surface area contributed by atoms with E-state index in [4.69, 9.17) is 4.98 Å². The summed E-state index contributed by atoms with van der Waals surface area (Å²) in [6.07, 6.45) is 25.3. The molecule has 2 saturated carbocycles. The summed E-state index contributed by atoms with van der Waals surface area (Å²) in [6.45, 7) is 2.03. The molecule has 0 bridgehead atoms. The number of hydrogen-bond donors (Lipinski definition) is 0. The Morgan fingerprint density at radius 2 is 1.09 bits per heavy atom. The van der Waals surface area contributed by atoms with Crippen molar-refractivity contribution in [3.05, 3.63) is 137 Å². The molecule has 0 aliphatic heterocycles. The van der Waals surface area contributed by atoms with Gasteiger partial charge in [-0.1, -0.05) is 105 Å². The minimum absolute atomic E-state index is 0.728. The van der Waals surface area contributed by atoms with Gasteiger partial charge in [0, 0.05) is 52.6 Å². The molecule has 54 heavy (non-hydrogen) atoms. The molecule has 7 nitrogen and oxygen atoms in total. The summed E-state index contributed by atoms with van der Waals surface area (Å²) in [5, 5.41) is 10.1. The number of aryl methyl sites for hydroxylation is 1. The van der Waals surface area contributed by atoms with Crippen LogP contribution in [0.1, 0.15) is 92.9 Å². The predicted molar refractivity (Wildman–Crippen MR) is 222 cm³/mol. The van der Waals surface area contributed by atoms with Crippen LogP contribution in [0.15, 0.2) is 121 Å². The van der Waals surface area contributed by atoms with Crippen LogP contribution in [-0.4, -0.2) is 34.2 Å². The van der Waals surface area contributed by atoms with Crippen molar-refractivity contribution < 1.29 is 0 Å². The van der Waals surface area contributed by atoms with E-state index in [0.717, 1.165) is 66.5 Å². The van der Waals surface area contributed by atoms with Crippen molar-refractivity contribution in [2.24, 2.45) is 0 Å². The second kappa shape index (κ2) is 15.3. The molecule has 0 unspecified atom stereocenters. The summed E-state index contributed by atoms with van der Waals surface area (Å²) >= 11 is 3.46. The van der Waals surface area contributed by atoms with Gasteiger partial charge >= 0.3 is 0 Å². The highest BCUT2D eigenvalue weighted by molar-refractivity contribution is 9.10. The first-order chi connectivity index (χ1) is 26.6. The Labute approximate surface area is 324 Å². The lowest BCUT2D eigenvalue weighted by Gasteiger charge is -2.22. The molecule has 3 aromatic carbocycles. The van der Waals surface area contributed by atoms with Gasteiger partial charge in [0.05, 0.1) is 22.4 Å². The van der Waals surface area contributed by atoms with Crippen molar-refractivity contribution in [3.63, 3.8) is 0 Å². The zero-order valence-corrected chi connectivity index (χ0v) is 32.3. The Morgan fingerprint density at radius 3 is 1.70 bits per heavy atom. The molecule has 0 amide bonds. The highest BCUT2D eigenvalue weighted by atomic mass is 79.9. The molecule has 8 heteroatoms. The van der Waals surface area contributed by atoms with E-state index in [1.54, 1.807) is 6.20 Å². The van der Waals surface area contributed by atoms with Crippen molar-refractivity contribution in [1.29, 1.82) is 0 Å². The van der Waals surface area contributed by atoms with Crippen LogP contribution < -0.4 is 0 Å². The van der Waals surface area contributed by atoms with Gasteiger partial charge in [-0.3, -0.25) is 4.98 Å². The van der Waals surface area contributed by atoms with Gasteiger partial charge in [0.2, 0.25) is 0 Å². The molecule has 270 valence electrons. The van der Waals surface area contributed by atoms with E-state index in [1.807, 2.05) is 46.8 Å². The molecule has 5 aromatic heterocycles. The smallest absolute Gasteiger partial charge is 0.169 e. The number of hydrogen-bond acceptors (Lipinski definition) is 5. The predicted octanol–water partition coefficient (Wildman–Crippen LogP) is 12.2. The lowest BCUT2D eigenvalue weighted by molar-refractivity contribution is 0.443. The fourth-order valence-corrected chi connectivity index (χ4v) is 8.88. The maximum Gasteiger partial charge on any atom is 0.169 e. The van der Waals surface area contributed by atoms with Gasteiger partial charge in [0.25, 0.3) is 0 Å². The first-order valence-electron chi connectivity index (χ1n) is 19.5. The van der Waals surface area contributed by atoms with Gasteiger partial charge in [-0.25, -0.2) is 19.0 Å². The SMILES string of the molecule is Brc1cnn2cc(-c3ccc(C4CCCCC4)cc3)cnc12.Cc1cc(-c2cnn3cc(-c4ccc(C5CCCCC5)cc4)cnc23)c2ccccc2n1. The maximum atomic E-state index is 4.82. The van der Waals surface area contributed by atoms with Crippen molar-refractivity contribution in [2.45, 2.75) is 83.0 Å². The largest absolute Gasteiger partial charge is 0.253 e. The van der Waals surface area contributed by atoms with E-state index in [-0.39, 0.29) is 0 Å². The summed E-state index contributed by atoms with van der Waals surface area (Å²) in [6, 6.07) is 28.4. The highest BCUT2D eigenvalue weighted by Crippen LogP contribution is 2.36. The number of pyridine rings is 1. The summed E-state index contributed by atoms with van der Waals surface area (Å²) < 4.78 is 4.63. The van der Waals surface area contributed by atoms with Gasteiger partial charge in [0.1, 0.15) is 0 Å². The van der Waals surface area contributed by atoms with E-state index in [1.165, 1.54) is 86.5 Å². The normalized spacial score (nSPS) is 15.4. The number of benzene rings is 3. The number of aromatic nitrogens is 7. The molecule has 0 saturated heterocycles. The molecule has 8 aromatic rings. The molecule has 0 radical (unpaired) electrons. The Hall–Kier alpha value is -5.21. The number of halogens is 1. The Morgan fingerprint density at radius 1 is 0.556 bits per heavy atom. The molecule has 2 aliphatic rings.